The van der Waals surface area contributed by atoms with Crippen LogP contribution >= 0.6 is 0 Å². The first-order valence-corrected chi connectivity index (χ1v) is 7.24. The van der Waals surface area contributed by atoms with E-state index in [1.54, 1.807) is 0 Å². The molecule has 3 heteroatoms. The van der Waals surface area contributed by atoms with Gasteiger partial charge < -0.3 is 10.6 Å². The van der Waals surface area contributed by atoms with Gasteiger partial charge in [-0.3, -0.25) is 4.79 Å². The highest BCUT2D eigenvalue weighted by Crippen LogP contribution is 2.29. The van der Waals surface area contributed by atoms with Crippen molar-refractivity contribution < 1.29 is 4.79 Å². The van der Waals surface area contributed by atoms with Gasteiger partial charge in [0.25, 0.3) is 0 Å². The number of hydrogen-bond donors (Lipinski definition) is 1. The number of carbonyl (C=O) groups is 1. The summed E-state index contributed by atoms with van der Waals surface area (Å²) in [7, 11) is 0. The standard InChI is InChI=1S/C16H24N2O/c1-13(11-17)7-10-16(19)18(15-8-9-15)12-14-5-3-2-4-6-14/h2-6,13,15H,7-12,17H2,1H3. The molecule has 1 aliphatic rings. The van der Waals surface area contributed by atoms with E-state index in [1.807, 2.05) is 18.2 Å². The summed E-state index contributed by atoms with van der Waals surface area (Å²) >= 11 is 0. The van der Waals surface area contributed by atoms with Crippen LogP contribution in [0.3, 0.4) is 0 Å². The first-order valence-electron chi connectivity index (χ1n) is 7.24. The van der Waals surface area contributed by atoms with Gasteiger partial charge >= 0.3 is 0 Å². The molecule has 104 valence electrons. The van der Waals surface area contributed by atoms with Crippen LogP contribution in [0.5, 0.6) is 0 Å². The molecule has 0 bridgehead atoms. The summed E-state index contributed by atoms with van der Waals surface area (Å²) in [5, 5.41) is 0. The number of nitrogens with zero attached hydrogens (tertiary/aromatic N) is 1. The van der Waals surface area contributed by atoms with Gasteiger partial charge in [-0.1, -0.05) is 37.3 Å². The Morgan fingerprint density at radius 3 is 2.63 bits per heavy atom. The SMILES string of the molecule is CC(CN)CCC(=O)N(Cc1ccccc1)C1CC1. The van der Waals surface area contributed by atoms with Crippen molar-refractivity contribution in [1.82, 2.24) is 4.90 Å². The molecule has 0 spiro atoms. The summed E-state index contributed by atoms with van der Waals surface area (Å²) < 4.78 is 0. The van der Waals surface area contributed by atoms with Gasteiger partial charge in [-0.25, -0.2) is 0 Å². The van der Waals surface area contributed by atoms with E-state index in [-0.39, 0.29) is 5.91 Å². The Morgan fingerprint density at radius 1 is 1.37 bits per heavy atom. The van der Waals surface area contributed by atoms with Gasteiger partial charge in [-0.05, 0) is 37.3 Å². The number of carbonyl (C=O) groups excluding carboxylic acids is 1. The van der Waals surface area contributed by atoms with Crippen molar-refractivity contribution in [3.05, 3.63) is 35.9 Å². The van der Waals surface area contributed by atoms with Gasteiger partial charge in [-0.15, -0.1) is 0 Å². The molecule has 1 fully saturated rings. The lowest BCUT2D eigenvalue weighted by atomic mass is 10.1. The Kier molecular flexibility index (Phi) is 4.97. The first kappa shape index (κ1) is 14.1. The third-order valence-electron chi connectivity index (χ3n) is 3.76. The van der Waals surface area contributed by atoms with Gasteiger partial charge in [-0.2, -0.15) is 0 Å². The summed E-state index contributed by atoms with van der Waals surface area (Å²) in [5.74, 6) is 0.716. The van der Waals surface area contributed by atoms with Crippen molar-refractivity contribution >= 4 is 5.91 Å². The maximum atomic E-state index is 12.3. The number of nitrogens with two attached hydrogens (primary N) is 1. The molecule has 1 aromatic carbocycles. The fraction of sp³-hybridized carbons (Fsp3) is 0.562. The van der Waals surface area contributed by atoms with Gasteiger partial charge in [0, 0.05) is 19.0 Å². The van der Waals surface area contributed by atoms with E-state index in [4.69, 9.17) is 5.73 Å². The lowest BCUT2D eigenvalue weighted by molar-refractivity contribution is -0.132. The van der Waals surface area contributed by atoms with E-state index in [0.29, 0.717) is 24.9 Å². The molecule has 1 amide bonds. The molecule has 3 nitrogen and oxygen atoms in total. The molecule has 19 heavy (non-hydrogen) atoms. The van der Waals surface area contributed by atoms with E-state index >= 15 is 0 Å². The molecule has 1 saturated carbocycles. The summed E-state index contributed by atoms with van der Waals surface area (Å²) in [6, 6.07) is 10.7. The van der Waals surface area contributed by atoms with Crippen LogP contribution in [-0.4, -0.2) is 23.4 Å². The number of benzene rings is 1. The molecular weight excluding hydrogens is 236 g/mol. The monoisotopic (exact) mass is 260 g/mol. The Balaban J connectivity index is 1.90. The summed E-state index contributed by atoms with van der Waals surface area (Å²) in [4.78, 5) is 14.4. The van der Waals surface area contributed by atoms with Crippen molar-refractivity contribution in [1.29, 1.82) is 0 Å². The molecule has 1 aliphatic carbocycles. The fourth-order valence-corrected chi connectivity index (χ4v) is 2.22. The minimum Gasteiger partial charge on any atom is -0.335 e. The average Bonchev–Trinajstić information content (AvgIpc) is 3.27. The van der Waals surface area contributed by atoms with Crippen LogP contribution in [0.4, 0.5) is 0 Å². The van der Waals surface area contributed by atoms with E-state index in [1.165, 1.54) is 5.56 Å². The van der Waals surface area contributed by atoms with Crippen molar-refractivity contribution in [2.75, 3.05) is 6.54 Å². The molecule has 0 heterocycles. The second-order valence-electron chi connectivity index (χ2n) is 5.62. The average molecular weight is 260 g/mol. The van der Waals surface area contributed by atoms with E-state index in [0.717, 1.165) is 25.8 Å². The number of hydrogen-bond acceptors (Lipinski definition) is 2. The third-order valence-corrected chi connectivity index (χ3v) is 3.76. The topological polar surface area (TPSA) is 46.3 Å². The predicted octanol–water partition coefficient (Wildman–Crippen LogP) is 2.55. The Morgan fingerprint density at radius 2 is 2.05 bits per heavy atom. The Hall–Kier alpha value is -1.35. The first-order chi connectivity index (χ1) is 9.20. The molecule has 2 N–H and O–H groups in total. The highest BCUT2D eigenvalue weighted by Gasteiger charge is 2.32. The molecule has 2 rings (SSSR count). The van der Waals surface area contributed by atoms with Gasteiger partial charge in [0.15, 0.2) is 0 Å². The predicted molar refractivity (Wildman–Crippen MR) is 77.5 cm³/mol. The van der Waals surface area contributed by atoms with Crippen LogP contribution in [0.25, 0.3) is 0 Å². The molecule has 0 saturated heterocycles. The van der Waals surface area contributed by atoms with Gasteiger partial charge in [0.05, 0.1) is 0 Å². The van der Waals surface area contributed by atoms with Crippen LogP contribution < -0.4 is 5.73 Å². The van der Waals surface area contributed by atoms with Crippen LogP contribution in [-0.2, 0) is 11.3 Å². The lowest BCUT2D eigenvalue weighted by Gasteiger charge is -2.23. The summed E-state index contributed by atoms with van der Waals surface area (Å²) in [6.07, 6.45) is 3.84. The number of amides is 1. The van der Waals surface area contributed by atoms with E-state index < -0.39 is 0 Å². The maximum absolute atomic E-state index is 12.3. The molecule has 1 atom stereocenters. The Bertz CT molecular complexity index is 400. The second kappa shape index (κ2) is 6.71. The molecule has 0 radical (unpaired) electrons. The molecule has 1 aromatic rings. The molecular formula is C16H24N2O. The van der Waals surface area contributed by atoms with Crippen molar-refractivity contribution in [3.8, 4) is 0 Å². The minimum atomic E-state index is 0.284. The fourth-order valence-electron chi connectivity index (χ4n) is 2.22. The zero-order valence-corrected chi connectivity index (χ0v) is 11.7. The van der Waals surface area contributed by atoms with Crippen LogP contribution in [0.15, 0.2) is 30.3 Å². The van der Waals surface area contributed by atoms with Crippen molar-refractivity contribution in [3.63, 3.8) is 0 Å². The van der Waals surface area contributed by atoms with Gasteiger partial charge in [0.1, 0.15) is 0 Å². The van der Waals surface area contributed by atoms with Crippen LogP contribution in [0.1, 0.15) is 38.2 Å². The molecule has 0 aliphatic heterocycles. The normalized spacial score (nSPS) is 16.1. The number of rotatable bonds is 7. The summed E-state index contributed by atoms with van der Waals surface area (Å²) in [5.41, 5.74) is 6.82. The van der Waals surface area contributed by atoms with Gasteiger partial charge in [0.2, 0.25) is 5.91 Å². The van der Waals surface area contributed by atoms with E-state index in [9.17, 15) is 4.79 Å². The van der Waals surface area contributed by atoms with Crippen molar-refractivity contribution in [2.24, 2.45) is 11.7 Å². The van der Waals surface area contributed by atoms with Crippen molar-refractivity contribution in [2.45, 2.75) is 45.2 Å². The quantitative estimate of drug-likeness (QED) is 0.819. The molecule has 0 aromatic heterocycles. The smallest absolute Gasteiger partial charge is 0.223 e. The van der Waals surface area contributed by atoms with E-state index in [2.05, 4.69) is 24.0 Å². The highest BCUT2D eigenvalue weighted by atomic mass is 16.2. The minimum absolute atomic E-state index is 0.284. The van der Waals surface area contributed by atoms with Crippen LogP contribution in [0.2, 0.25) is 0 Å². The lowest BCUT2D eigenvalue weighted by Crippen LogP contribution is -2.32. The Labute approximate surface area is 115 Å². The second-order valence-corrected chi connectivity index (χ2v) is 5.62. The zero-order valence-electron chi connectivity index (χ0n) is 11.7. The maximum Gasteiger partial charge on any atom is 0.223 e. The zero-order chi connectivity index (χ0) is 13.7. The van der Waals surface area contributed by atoms with Crippen LogP contribution in [0, 0.1) is 5.92 Å². The third kappa shape index (κ3) is 4.35. The molecule has 1 unspecified atom stereocenters. The largest absolute Gasteiger partial charge is 0.335 e. The summed E-state index contributed by atoms with van der Waals surface area (Å²) in [6.45, 7) is 3.52. The highest BCUT2D eigenvalue weighted by molar-refractivity contribution is 5.76.